The lowest BCUT2D eigenvalue weighted by Crippen LogP contribution is -2.32. The lowest BCUT2D eigenvalue weighted by Gasteiger charge is -2.05. The molecule has 0 atom stereocenters. The van der Waals surface area contributed by atoms with Gasteiger partial charge in [0.2, 0.25) is 0 Å². The number of carboxylic acids is 1. The second kappa shape index (κ2) is 6.39. The Kier molecular flexibility index (Phi) is 4.86. The Labute approximate surface area is 104 Å². The Morgan fingerprint density at radius 3 is 2.33 bits per heavy atom. The van der Waals surface area contributed by atoms with Gasteiger partial charge in [0.15, 0.2) is 0 Å². The minimum absolute atomic E-state index is 0.136. The first-order valence-electron chi connectivity index (χ1n) is 5.31. The van der Waals surface area contributed by atoms with Crippen LogP contribution in [0.15, 0.2) is 24.3 Å². The molecule has 2 N–H and O–H groups in total. The Balaban J connectivity index is 2.51. The second-order valence-electron chi connectivity index (χ2n) is 3.41. The van der Waals surface area contributed by atoms with E-state index < -0.39 is 17.8 Å². The van der Waals surface area contributed by atoms with Crippen molar-refractivity contribution in [2.45, 2.75) is 13.5 Å². The van der Waals surface area contributed by atoms with Crippen LogP contribution in [-0.4, -0.2) is 29.6 Å². The maximum absolute atomic E-state index is 11.2. The Morgan fingerprint density at radius 1 is 1.22 bits per heavy atom. The van der Waals surface area contributed by atoms with E-state index in [0.717, 1.165) is 0 Å². The molecule has 0 aliphatic carbocycles. The first kappa shape index (κ1) is 13.7. The van der Waals surface area contributed by atoms with E-state index in [9.17, 15) is 14.4 Å². The van der Waals surface area contributed by atoms with E-state index in [-0.39, 0.29) is 18.7 Å². The van der Waals surface area contributed by atoms with Crippen LogP contribution in [0.25, 0.3) is 0 Å². The fourth-order valence-corrected chi connectivity index (χ4v) is 1.22. The molecule has 0 radical (unpaired) electrons. The van der Waals surface area contributed by atoms with E-state index in [1.807, 2.05) is 0 Å². The molecule has 0 aliphatic heterocycles. The highest BCUT2D eigenvalue weighted by molar-refractivity contribution is 6.32. The number of nitrogens with one attached hydrogen (secondary N) is 1. The Hall–Kier alpha value is -2.37. The molecule has 0 unspecified atom stereocenters. The van der Waals surface area contributed by atoms with E-state index in [1.54, 1.807) is 19.1 Å². The minimum atomic E-state index is -1.02. The molecule has 0 aliphatic rings. The predicted molar refractivity (Wildman–Crippen MR) is 61.9 cm³/mol. The summed E-state index contributed by atoms with van der Waals surface area (Å²) in [5, 5.41) is 11.1. The summed E-state index contributed by atoms with van der Waals surface area (Å²) in [5.41, 5.74) is 0.855. The third kappa shape index (κ3) is 3.89. The molecule has 1 aromatic carbocycles. The highest BCUT2D eigenvalue weighted by Crippen LogP contribution is 2.04. The van der Waals surface area contributed by atoms with Crippen molar-refractivity contribution in [2.75, 3.05) is 6.61 Å². The largest absolute Gasteiger partial charge is 0.478 e. The number of hydrogen-bond donors (Lipinski definition) is 2. The first-order valence-corrected chi connectivity index (χ1v) is 5.31. The van der Waals surface area contributed by atoms with E-state index >= 15 is 0 Å². The van der Waals surface area contributed by atoms with Crippen molar-refractivity contribution in [1.82, 2.24) is 5.32 Å². The standard InChI is InChI=1S/C12H13NO5/c1-2-18-12(17)10(14)13-7-8-3-5-9(6-4-8)11(15)16/h3-6H,2,7H2,1H3,(H,13,14)(H,15,16). The number of carbonyl (C=O) groups is 3. The van der Waals surface area contributed by atoms with Gasteiger partial charge in [-0.05, 0) is 24.6 Å². The number of carbonyl (C=O) groups excluding carboxylic acids is 2. The number of amides is 1. The zero-order valence-corrected chi connectivity index (χ0v) is 9.80. The number of benzene rings is 1. The molecule has 0 saturated carbocycles. The normalized spacial score (nSPS) is 9.61. The van der Waals surface area contributed by atoms with Crippen LogP contribution in [0.4, 0.5) is 0 Å². The van der Waals surface area contributed by atoms with Gasteiger partial charge >= 0.3 is 17.8 Å². The Bertz CT molecular complexity index is 452. The molecule has 0 saturated heterocycles. The third-order valence-electron chi connectivity index (χ3n) is 2.11. The predicted octanol–water partition coefficient (Wildman–Crippen LogP) is 0.564. The minimum Gasteiger partial charge on any atom is -0.478 e. The van der Waals surface area contributed by atoms with Crippen LogP contribution < -0.4 is 5.32 Å². The average Bonchev–Trinajstić information content (AvgIpc) is 2.36. The van der Waals surface area contributed by atoms with Gasteiger partial charge in [0.25, 0.3) is 0 Å². The number of rotatable bonds is 4. The van der Waals surface area contributed by atoms with Gasteiger partial charge in [-0.25, -0.2) is 9.59 Å². The van der Waals surface area contributed by atoms with Crippen molar-refractivity contribution in [2.24, 2.45) is 0 Å². The van der Waals surface area contributed by atoms with Crippen LogP contribution in [0, 0.1) is 0 Å². The molecule has 0 bridgehead atoms. The molecular formula is C12H13NO5. The molecule has 1 aromatic rings. The molecule has 1 rings (SSSR count). The number of carboxylic acid groups (broad SMARTS) is 1. The van der Waals surface area contributed by atoms with E-state index in [0.29, 0.717) is 5.56 Å². The summed E-state index contributed by atoms with van der Waals surface area (Å²) in [7, 11) is 0. The van der Waals surface area contributed by atoms with Crippen molar-refractivity contribution in [1.29, 1.82) is 0 Å². The van der Waals surface area contributed by atoms with Crippen LogP contribution in [0.1, 0.15) is 22.8 Å². The fraction of sp³-hybridized carbons (Fsp3) is 0.250. The number of esters is 1. The van der Waals surface area contributed by atoms with Crippen molar-refractivity contribution >= 4 is 17.8 Å². The van der Waals surface area contributed by atoms with Gasteiger partial charge in [0.1, 0.15) is 0 Å². The smallest absolute Gasteiger partial charge is 0.396 e. The monoisotopic (exact) mass is 251 g/mol. The number of aromatic carboxylic acids is 1. The summed E-state index contributed by atoms with van der Waals surface area (Å²) in [4.78, 5) is 32.8. The highest BCUT2D eigenvalue weighted by Gasteiger charge is 2.13. The molecule has 0 fully saturated rings. The van der Waals surface area contributed by atoms with E-state index in [1.165, 1.54) is 12.1 Å². The van der Waals surface area contributed by atoms with Crippen molar-refractivity contribution in [3.8, 4) is 0 Å². The number of ether oxygens (including phenoxy) is 1. The van der Waals surface area contributed by atoms with Crippen molar-refractivity contribution in [3.05, 3.63) is 35.4 Å². The summed E-state index contributed by atoms with van der Waals surface area (Å²) < 4.78 is 4.51. The molecule has 6 nitrogen and oxygen atoms in total. The van der Waals surface area contributed by atoms with Crippen molar-refractivity contribution < 1.29 is 24.2 Å². The summed E-state index contributed by atoms with van der Waals surface area (Å²) in [6.07, 6.45) is 0. The molecule has 18 heavy (non-hydrogen) atoms. The molecule has 0 aromatic heterocycles. The summed E-state index contributed by atoms with van der Waals surface area (Å²) in [5.74, 6) is -2.77. The second-order valence-corrected chi connectivity index (χ2v) is 3.41. The third-order valence-corrected chi connectivity index (χ3v) is 2.11. The van der Waals surface area contributed by atoms with Crippen LogP contribution in [-0.2, 0) is 20.9 Å². The van der Waals surface area contributed by atoms with E-state index in [2.05, 4.69) is 10.1 Å². The van der Waals surface area contributed by atoms with Gasteiger partial charge in [-0.15, -0.1) is 0 Å². The van der Waals surface area contributed by atoms with E-state index in [4.69, 9.17) is 5.11 Å². The van der Waals surface area contributed by atoms with Crippen LogP contribution in [0.2, 0.25) is 0 Å². The Morgan fingerprint density at radius 2 is 1.83 bits per heavy atom. The molecule has 6 heteroatoms. The average molecular weight is 251 g/mol. The van der Waals surface area contributed by atoms with Gasteiger partial charge < -0.3 is 15.2 Å². The quantitative estimate of drug-likeness (QED) is 0.602. The molecule has 96 valence electrons. The molecule has 0 heterocycles. The van der Waals surface area contributed by atoms with Crippen LogP contribution in [0.3, 0.4) is 0 Å². The zero-order chi connectivity index (χ0) is 13.5. The maximum Gasteiger partial charge on any atom is 0.396 e. The van der Waals surface area contributed by atoms with Crippen molar-refractivity contribution in [3.63, 3.8) is 0 Å². The summed E-state index contributed by atoms with van der Waals surface area (Å²) in [6.45, 7) is 1.88. The SMILES string of the molecule is CCOC(=O)C(=O)NCc1ccc(C(=O)O)cc1. The fourth-order valence-electron chi connectivity index (χ4n) is 1.22. The summed E-state index contributed by atoms with van der Waals surface area (Å²) in [6, 6.07) is 5.98. The number of hydrogen-bond acceptors (Lipinski definition) is 4. The topological polar surface area (TPSA) is 92.7 Å². The molecule has 1 amide bonds. The lowest BCUT2D eigenvalue weighted by atomic mass is 10.1. The van der Waals surface area contributed by atoms with Gasteiger partial charge in [-0.2, -0.15) is 0 Å². The van der Waals surface area contributed by atoms with Crippen LogP contribution in [0.5, 0.6) is 0 Å². The van der Waals surface area contributed by atoms with Crippen LogP contribution >= 0.6 is 0 Å². The van der Waals surface area contributed by atoms with Gasteiger partial charge in [0.05, 0.1) is 12.2 Å². The highest BCUT2D eigenvalue weighted by atomic mass is 16.5. The maximum atomic E-state index is 11.2. The summed E-state index contributed by atoms with van der Waals surface area (Å²) >= 11 is 0. The van der Waals surface area contributed by atoms with Gasteiger partial charge in [-0.3, -0.25) is 4.79 Å². The zero-order valence-electron chi connectivity index (χ0n) is 9.80. The molecule has 0 spiro atoms. The first-order chi connectivity index (χ1) is 8.54. The van der Waals surface area contributed by atoms with Gasteiger partial charge in [0, 0.05) is 6.54 Å². The van der Waals surface area contributed by atoms with Gasteiger partial charge in [-0.1, -0.05) is 12.1 Å². The lowest BCUT2D eigenvalue weighted by molar-refractivity contribution is -0.154. The molecular weight excluding hydrogens is 238 g/mol.